The van der Waals surface area contributed by atoms with E-state index in [4.69, 9.17) is 23.2 Å². The molecule has 106 valence electrons. The third-order valence-electron chi connectivity index (χ3n) is 3.36. The molecule has 0 aromatic heterocycles. The zero-order chi connectivity index (χ0) is 14.5. The van der Waals surface area contributed by atoms with Gasteiger partial charge >= 0.3 is 0 Å². The van der Waals surface area contributed by atoms with Gasteiger partial charge in [-0.05, 0) is 30.5 Å². The number of amides is 1. The summed E-state index contributed by atoms with van der Waals surface area (Å²) in [5, 5.41) is 4.83. The SMILES string of the molecule is CCC(CC)(CBr)NC(=O)Cc1ccc(Cl)c(Cl)c1. The number of nitrogens with one attached hydrogen (secondary N) is 1. The van der Waals surface area contributed by atoms with Gasteiger partial charge in [-0.3, -0.25) is 4.79 Å². The summed E-state index contributed by atoms with van der Waals surface area (Å²) in [6, 6.07) is 5.27. The van der Waals surface area contributed by atoms with Crippen molar-refractivity contribution in [2.24, 2.45) is 0 Å². The second-order valence-corrected chi connectivity index (χ2v) is 5.97. The molecule has 1 N–H and O–H groups in total. The average molecular weight is 367 g/mol. The van der Waals surface area contributed by atoms with Gasteiger partial charge in [0.15, 0.2) is 0 Å². The smallest absolute Gasteiger partial charge is 0.224 e. The molecule has 5 heteroatoms. The molecule has 0 aliphatic carbocycles. The monoisotopic (exact) mass is 365 g/mol. The third-order valence-corrected chi connectivity index (χ3v) is 5.18. The van der Waals surface area contributed by atoms with E-state index >= 15 is 0 Å². The van der Waals surface area contributed by atoms with Crippen molar-refractivity contribution in [1.82, 2.24) is 5.32 Å². The van der Waals surface area contributed by atoms with Crippen LogP contribution in [0.3, 0.4) is 0 Å². The maximum Gasteiger partial charge on any atom is 0.224 e. The van der Waals surface area contributed by atoms with E-state index < -0.39 is 0 Å². The van der Waals surface area contributed by atoms with Crippen molar-refractivity contribution in [3.8, 4) is 0 Å². The van der Waals surface area contributed by atoms with Crippen molar-refractivity contribution in [3.63, 3.8) is 0 Å². The highest BCUT2D eigenvalue weighted by Gasteiger charge is 2.26. The van der Waals surface area contributed by atoms with Crippen LogP contribution in [-0.2, 0) is 11.2 Å². The standard InChI is InChI=1S/C14H18BrCl2NO/c1-3-14(4-2,9-15)18-13(19)8-10-5-6-11(16)12(17)7-10/h5-7H,3-4,8-9H2,1-2H3,(H,18,19). The Hall–Kier alpha value is -0.250. The van der Waals surface area contributed by atoms with E-state index in [0.717, 1.165) is 23.7 Å². The van der Waals surface area contributed by atoms with Crippen molar-refractivity contribution >= 4 is 45.0 Å². The lowest BCUT2D eigenvalue weighted by molar-refractivity contribution is -0.122. The number of carbonyl (C=O) groups is 1. The molecule has 1 rings (SSSR count). The molecule has 1 aromatic rings. The lowest BCUT2D eigenvalue weighted by Gasteiger charge is -2.31. The molecule has 0 saturated heterocycles. The molecule has 0 fully saturated rings. The molecule has 0 atom stereocenters. The Labute approximate surface area is 133 Å². The van der Waals surface area contributed by atoms with E-state index in [9.17, 15) is 4.79 Å². The molecule has 0 aliphatic heterocycles. The van der Waals surface area contributed by atoms with Crippen LogP contribution in [0.5, 0.6) is 0 Å². The molecule has 1 amide bonds. The molecular weight excluding hydrogens is 349 g/mol. The number of alkyl halides is 1. The molecule has 0 spiro atoms. The van der Waals surface area contributed by atoms with Gasteiger partial charge in [0.2, 0.25) is 5.91 Å². The van der Waals surface area contributed by atoms with Crippen LogP contribution in [0.4, 0.5) is 0 Å². The number of hydrogen-bond donors (Lipinski definition) is 1. The third kappa shape index (κ3) is 4.66. The fourth-order valence-electron chi connectivity index (χ4n) is 1.82. The van der Waals surface area contributed by atoms with Gasteiger partial charge in [0.1, 0.15) is 0 Å². The van der Waals surface area contributed by atoms with Crippen molar-refractivity contribution in [1.29, 1.82) is 0 Å². The summed E-state index contributed by atoms with van der Waals surface area (Å²) >= 11 is 15.3. The number of carbonyl (C=O) groups excluding carboxylic acids is 1. The number of rotatable bonds is 6. The zero-order valence-corrected chi connectivity index (χ0v) is 14.2. The molecular formula is C14H18BrCl2NO. The summed E-state index contributed by atoms with van der Waals surface area (Å²) < 4.78 is 0. The van der Waals surface area contributed by atoms with Crippen molar-refractivity contribution in [2.75, 3.05) is 5.33 Å². The van der Waals surface area contributed by atoms with Crippen LogP contribution >= 0.6 is 39.1 Å². The highest BCUT2D eigenvalue weighted by molar-refractivity contribution is 9.09. The predicted molar refractivity (Wildman–Crippen MR) is 85.4 cm³/mol. The summed E-state index contributed by atoms with van der Waals surface area (Å²) in [5.74, 6) is 0.00143. The quantitative estimate of drug-likeness (QED) is 0.732. The van der Waals surface area contributed by atoms with E-state index in [-0.39, 0.29) is 11.4 Å². The summed E-state index contributed by atoms with van der Waals surface area (Å²) in [4.78, 5) is 12.1. The topological polar surface area (TPSA) is 29.1 Å². The van der Waals surface area contributed by atoms with Gasteiger partial charge in [-0.2, -0.15) is 0 Å². The van der Waals surface area contributed by atoms with Crippen LogP contribution in [0, 0.1) is 0 Å². The Morgan fingerprint density at radius 3 is 2.37 bits per heavy atom. The predicted octanol–water partition coefficient (Wildman–Crippen LogP) is 4.61. The van der Waals surface area contributed by atoms with Crippen LogP contribution < -0.4 is 5.32 Å². The molecule has 19 heavy (non-hydrogen) atoms. The minimum Gasteiger partial charge on any atom is -0.350 e. The summed E-state index contributed by atoms with van der Waals surface area (Å²) in [6.07, 6.45) is 2.09. The van der Waals surface area contributed by atoms with Gasteiger partial charge in [0.25, 0.3) is 0 Å². The van der Waals surface area contributed by atoms with Crippen LogP contribution in [0.1, 0.15) is 32.3 Å². The Morgan fingerprint density at radius 2 is 1.89 bits per heavy atom. The molecule has 0 unspecified atom stereocenters. The normalized spacial score (nSPS) is 11.4. The second-order valence-electron chi connectivity index (χ2n) is 4.59. The Kier molecular flexibility index (Phi) is 6.64. The molecule has 0 aliphatic rings. The largest absolute Gasteiger partial charge is 0.350 e. The molecule has 0 radical (unpaired) electrons. The van der Waals surface area contributed by atoms with Crippen molar-refractivity contribution in [2.45, 2.75) is 38.6 Å². The molecule has 0 saturated carbocycles. The highest BCUT2D eigenvalue weighted by Crippen LogP contribution is 2.23. The molecule has 2 nitrogen and oxygen atoms in total. The average Bonchev–Trinajstić information content (AvgIpc) is 2.40. The summed E-state index contributed by atoms with van der Waals surface area (Å²) in [6.45, 7) is 4.15. The molecule has 1 aromatic carbocycles. The van der Waals surface area contributed by atoms with Gasteiger partial charge < -0.3 is 5.32 Å². The first-order valence-corrected chi connectivity index (χ1v) is 8.15. The fraction of sp³-hybridized carbons (Fsp3) is 0.500. The number of halogens is 3. The lowest BCUT2D eigenvalue weighted by atomic mass is 9.95. The second kappa shape index (κ2) is 7.51. The summed E-state index contributed by atoms with van der Waals surface area (Å²) in [7, 11) is 0. The van der Waals surface area contributed by atoms with Crippen LogP contribution in [0.15, 0.2) is 18.2 Å². The van der Waals surface area contributed by atoms with Crippen LogP contribution in [-0.4, -0.2) is 16.8 Å². The minimum atomic E-state index is -0.173. The van der Waals surface area contributed by atoms with Gasteiger partial charge in [0.05, 0.1) is 16.5 Å². The van der Waals surface area contributed by atoms with Gasteiger partial charge in [-0.15, -0.1) is 0 Å². The van der Waals surface area contributed by atoms with E-state index in [0.29, 0.717) is 16.5 Å². The Morgan fingerprint density at radius 1 is 1.26 bits per heavy atom. The molecule has 0 heterocycles. The van der Waals surface area contributed by atoms with E-state index in [1.807, 2.05) is 6.07 Å². The number of hydrogen-bond acceptors (Lipinski definition) is 1. The maximum atomic E-state index is 12.1. The first-order chi connectivity index (χ1) is 8.96. The Balaban J connectivity index is 2.71. The zero-order valence-electron chi connectivity index (χ0n) is 11.1. The minimum absolute atomic E-state index is 0.00143. The van der Waals surface area contributed by atoms with Gasteiger partial charge in [0, 0.05) is 10.9 Å². The van der Waals surface area contributed by atoms with E-state index in [1.54, 1.807) is 12.1 Å². The lowest BCUT2D eigenvalue weighted by Crippen LogP contribution is -2.49. The Bertz CT molecular complexity index is 439. The fourth-order valence-corrected chi connectivity index (χ4v) is 3.08. The van der Waals surface area contributed by atoms with Crippen molar-refractivity contribution in [3.05, 3.63) is 33.8 Å². The van der Waals surface area contributed by atoms with Crippen LogP contribution in [0.2, 0.25) is 10.0 Å². The maximum absolute atomic E-state index is 12.1. The van der Waals surface area contributed by atoms with Crippen molar-refractivity contribution < 1.29 is 4.79 Å². The van der Waals surface area contributed by atoms with E-state index in [2.05, 4.69) is 35.1 Å². The van der Waals surface area contributed by atoms with Crippen LogP contribution in [0.25, 0.3) is 0 Å². The van der Waals surface area contributed by atoms with Gasteiger partial charge in [-0.1, -0.05) is 59.0 Å². The van der Waals surface area contributed by atoms with Gasteiger partial charge in [-0.25, -0.2) is 0 Å². The summed E-state index contributed by atoms with van der Waals surface area (Å²) in [5.41, 5.74) is 0.690. The highest BCUT2D eigenvalue weighted by atomic mass is 79.9. The molecule has 0 bridgehead atoms. The first-order valence-electron chi connectivity index (χ1n) is 6.27. The number of benzene rings is 1. The van der Waals surface area contributed by atoms with E-state index in [1.165, 1.54) is 0 Å². The first kappa shape index (κ1) is 16.8.